The summed E-state index contributed by atoms with van der Waals surface area (Å²) < 4.78 is 27.6. The number of anilines is 1. The van der Waals surface area contributed by atoms with Gasteiger partial charge in [-0.05, 0) is 24.5 Å². The fourth-order valence-electron chi connectivity index (χ4n) is 5.67. The minimum absolute atomic E-state index is 0.0147. The Bertz CT molecular complexity index is 1060. The summed E-state index contributed by atoms with van der Waals surface area (Å²) in [5.74, 6) is 0.907. The third kappa shape index (κ3) is 3.40. The predicted molar refractivity (Wildman–Crippen MR) is 117 cm³/mol. The zero-order valence-corrected chi connectivity index (χ0v) is 18.4. The number of aromatic nitrogens is 2. The van der Waals surface area contributed by atoms with Gasteiger partial charge in [0.25, 0.3) is 0 Å². The Balaban J connectivity index is 1.32. The van der Waals surface area contributed by atoms with Crippen LogP contribution in [0.1, 0.15) is 18.4 Å². The van der Waals surface area contributed by atoms with Crippen molar-refractivity contribution in [2.75, 3.05) is 38.1 Å². The van der Waals surface area contributed by atoms with Crippen molar-refractivity contribution in [3.63, 3.8) is 0 Å². The summed E-state index contributed by atoms with van der Waals surface area (Å²) in [6, 6.07) is 11.1. The second-order valence-corrected chi connectivity index (χ2v) is 10.8. The number of nitrogens with zero attached hydrogens (tertiary/aromatic N) is 5. The smallest absolute Gasteiger partial charge is 0.228 e. The molecule has 3 saturated heterocycles. The highest BCUT2D eigenvalue weighted by Crippen LogP contribution is 2.49. The molecular weight excluding hydrogens is 414 g/mol. The highest BCUT2D eigenvalue weighted by molar-refractivity contribution is 7.88. The van der Waals surface area contributed by atoms with Gasteiger partial charge < -0.3 is 9.80 Å². The van der Waals surface area contributed by atoms with Crippen molar-refractivity contribution in [3.05, 3.63) is 54.4 Å². The molecule has 0 aliphatic carbocycles. The molecule has 2 aromatic rings. The molecule has 0 radical (unpaired) electrons. The molecule has 0 N–H and O–H groups in total. The average molecular weight is 442 g/mol. The van der Waals surface area contributed by atoms with Crippen molar-refractivity contribution in [2.45, 2.75) is 24.1 Å². The highest BCUT2D eigenvalue weighted by Gasteiger charge is 2.61. The maximum absolute atomic E-state index is 13.1. The van der Waals surface area contributed by atoms with E-state index >= 15 is 0 Å². The first-order valence-corrected chi connectivity index (χ1v) is 12.3. The van der Waals surface area contributed by atoms with Crippen molar-refractivity contribution in [1.29, 1.82) is 0 Å². The van der Waals surface area contributed by atoms with E-state index in [9.17, 15) is 13.2 Å². The highest BCUT2D eigenvalue weighted by atomic mass is 32.2. The summed E-state index contributed by atoms with van der Waals surface area (Å²) in [5.41, 5.74) is 0.495. The molecule has 1 spiro atoms. The number of hydrogen-bond donors (Lipinski definition) is 0. The Kier molecular flexibility index (Phi) is 4.97. The third-order valence-corrected chi connectivity index (χ3v) is 9.18. The van der Waals surface area contributed by atoms with E-state index in [1.807, 2.05) is 42.3 Å². The standard InChI is InChI=1S/C22H27N5O3S/c1-25-20(28)18-14-26(21-23-10-5-11-24-21)15-19(18)22(25)8-12-27(13-9-22)31(29,30)16-17-6-3-2-4-7-17/h2-7,10-11,18-19H,8-9,12-16H2,1H3/t18-,19+/m1/s1. The lowest BCUT2D eigenvalue weighted by Crippen LogP contribution is -2.56. The molecule has 4 heterocycles. The zero-order valence-electron chi connectivity index (χ0n) is 17.6. The molecule has 8 nitrogen and oxygen atoms in total. The van der Waals surface area contributed by atoms with E-state index in [-0.39, 0.29) is 29.0 Å². The van der Waals surface area contributed by atoms with Gasteiger partial charge in [-0.3, -0.25) is 4.79 Å². The number of likely N-dealkylation sites (tertiary alicyclic amines) is 1. The number of fused-ring (bicyclic) bond motifs is 2. The minimum Gasteiger partial charge on any atom is -0.340 e. The van der Waals surface area contributed by atoms with Crippen LogP contribution in [0.4, 0.5) is 5.95 Å². The molecule has 9 heteroatoms. The van der Waals surface area contributed by atoms with Crippen LogP contribution in [0.25, 0.3) is 0 Å². The van der Waals surface area contributed by atoms with Crippen molar-refractivity contribution < 1.29 is 13.2 Å². The Labute approximate surface area is 182 Å². The van der Waals surface area contributed by atoms with E-state index in [1.165, 1.54) is 0 Å². The quantitative estimate of drug-likeness (QED) is 0.712. The molecule has 3 aliphatic rings. The fourth-order valence-corrected chi connectivity index (χ4v) is 7.20. The summed E-state index contributed by atoms with van der Waals surface area (Å²) in [6.45, 7) is 2.23. The largest absolute Gasteiger partial charge is 0.340 e. The SMILES string of the molecule is CN1C(=O)[C@@H]2CN(c3ncccn3)C[C@@H]2C12CCN(S(=O)(=O)Cc1ccccc1)CC2. The summed E-state index contributed by atoms with van der Waals surface area (Å²) in [6.07, 6.45) is 4.76. The first-order valence-electron chi connectivity index (χ1n) is 10.7. The zero-order chi connectivity index (χ0) is 21.6. The molecule has 1 aromatic carbocycles. The first-order chi connectivity index (χ1) is 14.9. The molecule has 164 valence electrons. The topological polar surface area (TPSA) is 86.7 Å². The van der Waals surface area contributed by atoms with Crippen LogP contribution >= 0.6 is 0 Å². The molecular formula is C22H27N5O3S. The van der Waals surface area contributed by atoms with Crippen LogP contribution in [0.2, 0.25) is 0 Å². The Morgan fingerprint density at radius 1 is 1.03 bits per heavy atom. The molecule has 31 heavy (non-hydrogen) atoms. The number of sulfonamides is 1. The summed E-state index contributed by atoms with van der Waals surface area (Å²) in [7, 11) is -1.50. The molecule has 0 bridgehead atoms. The maximum Gasteiger partial charge on any atom is 0.228 e. The van der Waals surface area contributed by atoms with Gasteiger partial charge in [-0.1, -0.05) is 30.3 Å². The second kappa shape index (κ2) is 7.56. The van der Waals surface area contributed by atoms with Gasteiger partial charge in [0.2, 0.25) is 21.9 Å². The maximum atomic E-state index is 13.1. The average Bonchev–Trinajstić information content (AvgIpc) is 3.31. The Morgan fingerprint density at radius 3 is 2.39 bits per heavy atom. The normalized spacial score (nSPS) is 25.9. The lowest BCUT2D eigenvalue weighted by molar-refractivity contribution is -0.132. The molecule has 0 unspecified atom stereocenters. The van der Waals surface area contributed by atoms with Crippen LogP contribution in [0.3, 0.4) is 0 Å². The van der Waals surface area contributed by atoms with Crippen molar-refractivity contribution >= 4 is 21.9 Å². The van der Waals surface area contributed by atoms with Gasteiger partial charge in [-0.25, -0.2) is 22.7 Å². The van der Waals surface area contributed by atoms with Crippen molar-refractivity contribution in [2.24, 2.45) is 11.8 Å². The number of piperidine rings is 1. The van der Waals surface area contributed by atoms with Gasteiger partial charge in [0.05, 0.1) is 17.2 Å². The van der Waals surface area contributed by atoms with Crippen molar-refractivity contribution in [1.82, 2.24) is 19.2 Å². The summed E-state index contributed by atoms with van der Waals surface area (Å²) in [5, 5.41) is 0. The molecule has 1 amide bonds. The van der Waals surface area contributed by atoms with E-state index in [0.717, 1.165) is 12.1 Å². The summed E-state index contributed by atoms with van der Waals surface area (Å²) in [4.78, 5) is 25.8. The lowest BCUT2D eigenvalue weighted by Gasteiger charge is -2.46. The minimum atomic E-state index is -3.39. The Morgan fingerprint density at radius 2 is 1.71 bits per heavy atom. The molecule has 2 atom stereocenters. The van der Waals surface area contributed by atoms with Gasteiger partial charge >= 0.3 is 0 Å². The number of benzene rings is 1. The summed E-state index contributed by atoms with van der Waals surface area (Å²) >= 11 is 0. The van der Waals surface area contributed by atoms with E-state index in [4.69, 9.17) is 0 Å². The number of carbonyl (C=O) groups excluding carboxylic acids is 1. The number of rotatable bonds is 4. The lowest BCUT2D eigenvalue weighted by atomic mass is 9.75. The monoisotopic (exact) mass is 441 g/mol. The van der Waals surface area contributed by atoms with Crippen molar-refractivity contribution in [3.8, 4) is 0 Å². The molecule has 3 aliphatic heterocycles. The Hall–Kier alpha value is -2.52. The molecule has 0 saturated carbocycles. The number of hydrogen-bond acceptors (Lipinski definition) is 6. The van der Waals surface area contributed by atoms with E-state index in [0.29, 0.717) is 38.4 Å². The first kappa shape index (κ1) is 20.4. The predicted octanol–water partition coefficient (Wildman–Crippen LogP) is 1.37. The van der Waals surface area contributed by atoms with Gasteiger partial charge in [0, 0.05) is 51.5 Å². The van der Waals surface area contributed by atoms with Crippen LogP contribution in [0.15, 0.2) is 48.8 Å². The van der Waals surface area contributed by atoms with Gasteiger partial charge in [-0.15, -0.1) is 0 Å². The van der Waals surface area contributed by atoms with Gasteiger partial charge in [0.1, 0.15) is 0 Å². The van der Waals surface area contributed by atoms with Crippen LogP contribution in [-0.4, -0.2) is 72.3 Å². The molecule has 1 aromatic heterocycles. The van der Waals surface area contributed by atoms with Crippen LogP contribution < -0.4 is 4.90 Å². The van der Waals surface area contributed by atoms with Crippen LogP contribution in [-0.2, 0) is 20.6 Å². The van der Waals surface area contributed by atoms with Crippen LogP contribution in [0, 0.1) is 11.8 Å². The molecule has 3 fully saturated rings. The van der Waals surface area contributed by atoms with E-state index in [2.05, 4.69) is 14.9 Å². The van der Waals surface area contributed by atoms with E-state index in [1.54, 1.807) is 22.8 Å². The van der Waals surface area contributed by atoms with Gasteiger partial charge in [-0.2, -0.15) is 0 Å². The fraction of sp³-hybridized carbons (Fsp3) is 0.500. The molecule has 5 rings (SSSR count). The van der Waals surface area contributed by atoms with E-state index < -0.39 is 10.0 Å². The number of carbonyl (C=O) groups is 1. The second-order valence-electron chi connectivity index (χ2n) is 8.81. The number of amides is 1. The van der Waals surface area contributed by atoms with Crippen LogP contribution in [0.5, 0.6) is 0 Å². The van der Waals surface area contributed by atoms with Gasteiger partial charge in [0.15, 0.2) is 0 Å². The third-order valence-electron chi connectivity index (χ3n) is 7.33.